The van der Waals surface area contributed by atoms with E-state index < -0.39 is 18.3 Å². The van der Waals surface area contributed by atoms with E-state index >= 15 is 0 Å². The molecule has 1 aromatic carbocycles. The zero-order valence-corrected chi connectivity index (χ0v) is 16.3. The molecule has 1 fully saturated rings. The third-order valence-corrected chi connectivity index (χ3v) is 5.24. The number of hydrogen-bond donors (Lipinski definition) is 1. The predicted octanol–water partition coefficient (Wildman–Crippen LogP) is 3.21. The normalized spacial score (nSPS) is 19.5. The summed E-state index contributed by atoms with van der Waals surface area (Å²) in [6.07, 6.45) is 1.92. The molecule has 1 heterocycles. The maximum Gasteiger partial charge on any atom is 0.491 e. The first kappa shape index (κ1) is 19.2. The van der Waals surface area contributed by atoms with Crippen LogP contribution in [0.25, 0.3) is 6.08 Å². The predicted molar refractivity (Wildman–Crippen MR) is 98.6 cm³/mol. The molecule has 0 atom stereocenters. The molecule has 130 valence electrons. The van der Waals surface area contributed by atoms with Crippen LogP contribution in [-0.2, 0) is 14.0 Å². The van der Waals surface area contributed by atoms with Gasteiger partial charge in [0.15, 0.2) is 0 Å². The number of hydrogen-bond acceptors (Lipinski definition) is 5. The van der Waals surface area contributed by atoms with E-state index in [-0.39, 0.29) is 5.97 Å². The van der Waals surface area contributed by atoms with Crippen molar-refractivity contribution in [2.45, 2.75) is 38.9 Å². The fourth-order valence-electron chi connectivity index (χ4n) is 2.31. The van der Waals surface area contributed by atoms with Crippen LogP contribution in [0.3, 0.4) is 0 Å². The van der Waals surface area contributed by atoms with E-state index in [0.29, 0.717) is 12.1 Å². The molecule has 0 bridgehead atoms. The van der Waals surface area contributed by atoms with Crippen LogP contribution in [0, 0.1) is 0 Å². The Balaban J connectivity index is 2.30. The summed E-state index contributed by atoms with van der Waals surface area (Å²) in [5.74, 6) is -0.378. The molecule has 24 heavy (non-hydrogen) atoms. The van der Waals surface area contributed by atoms with E-state index in [0.717, 1.165) is 15.5 Å². The summed E-state index contributed by atoms with van der Waals surface area (Å²) in [6, 6.07) is 5.26. The van der Waals surface area contributed by atoms with Gasteiger partial charge in [0.05, 0.1) is 23.9 Å². The molecule has 2 rings (SSSR count). The summed E-state index contributed by atoms with van der Waals surface area (Å²) in [5, 5.41) is 0. The lowest BCUT2D eigenvalue weighted by molar-refractivity contribution is 0.00578. The fourth-order valence-corrected chi connectivity index (χ4v) is 2.80. The molecule has 1 aliphatic rings. The van der Waals surface area contributed by atoms with Crippen LogP contribution in [0.5, 0.6) is 0 Å². The molecule has 1 aliphatic heterocycles. The maximum atomic E-state index is 11.6. The van der Waals surface area contributed by atoms with Gasteiger partial charge in [-0.3, -0.25) is 0 Å². The van der Waals surface area contributed by atoms with Crippen molar-refractivity contribution in [3.8, 4) is 0 Å². The molecule has 0 unspecified atom stereocenters. The highest BCUT2D eigenvalue weighted by Gasteiger charge is 2.52. The summed E-state index contributed by atoms with van der Waals surface area (Å²) in [5.41, 5.74) is 7.27. The Morgan fingerprint density at radius 2 is 1.88 bits per heavy atom. The van der Waals surface area contributed by atoms with E-state index in [9.17, 15) is 4.79 Å². The first-order chi connectivity index (χ1) is 11.1. The number of benzene rings is 1. The van der Waals surface area contributed by atoms with Crippen LogP contribution in [-0.4, -0.2) is 37.9 Å². The van der Waals surface area contributed by atoms with Gasteiger partial charge in [-0.1, -0.05) is 28.1 Å². The van der Waals surface area contributed by atoms with Crippen LogP contribution >= 0.6 is 15.9 Å². The average Bonchev–Trinajstić information content (AvgIpc) is 2.73. The van der Waals surface area contributed by atoms with Gasteiger partial charge in [0.25, 0.3) is 0 Å². The lowest BCUT2D eigenvalue weighted by atomic mass is 9.77. The second-order valence-corrected chi connectivity index (χ2v) is 7.59. The van der Waals surface area contributed by atoms with Gasteiger partial charge in [0.1, 0.15) is 0 Å². The highest BCUT2D eigenvalue weighted by atomic mass is 79.9. The number of ether oxygens (including phenoxy) is 1. The molecule has 5 nitrogen and oxygen atoms in total. The fraction of sp³-hybridized carbons (Fsp3) is 0.471. The number of carbonyl (C=O) groups is 1. The van der Waals surface area contributed by atoms with E-state index in [1.165, 1.54) is 7.11 Å². The van der Waals surface area contributed by atoms with Gasteiger partial charge in [-0.25, -0.2) is 4.79 Å². The van der Waals surface area contributed by atoms with Gasteiger partial charge in [-0.2, -0.15) is 0 Å². The van der Waals surface area contributed by atoms with Gasteiger partial charge in [-0.05, 0) is 50.9 Å². The zero-order valence-electron chi connectivity index (χ0n) is 14.7. The molecule has 0 amide bonds. The Labute approximate surface area is 151 Å². The molecule has 0 aliphatic carbocycles. The van der Waals surface area contributed by atoms with Crippen LogP contribution < -0.4 is 5.73 Å². The molecule has 1 aromatic rings. The summed E-state index contributed by atoms with van der Waals surface area (Å²) in [4.78, 5) is 11.6. The number of halogens is 1. The van der Waals surface area contributed by atoms with E-state index in [1.807, 2.05) is 39.8 Å². The van der Waals surface area contributed by atoms with Crippen LogP contribution in [0.15, 0.2) is 28.1 Å². The minimum absolute atomic E-state index is 0.308. The first-order valence-corrected chi connectivity index (χ1v) is 8.54. The van der Waals surface area contributed by atoms with E-state index in [4.69, 9.17) is 19.8 Å². The smallest absolute Gasteiger partial charge is 0.465 e. The average molecular weight is 396 g/mol. The highest BCUT2D eigenvalue weighted by Crippen LogP contribution is 2.38. The second kappa shape index (κ2) is 7.00. The molecular formula is C17H23BBrNO4. The summed E-state index contributed by atoms with van der Waals surface area (Å²) in [7, 11) is 0.863. The van der Waals surface area contributed by atoms with E-state index in [1.54, 1.807) is 12.1 Å². The standard InChI is InChI=1S/C17H23BBrNO4/c1-16(2)17(3,4)24-18(23-16)13(10-20)8-11-6-7-12(9-14(11)19)15(21)22-5/h6-9H,10,20H2,1-5H3. The second-order valence-electron chi connectivity index (χ2n) is 6.74. The molecule has 1 saturated heterocycles. The monoisotopic (exact) mass is 395 g/mol. The summed E-state index contributed by atoms with van der Waals surface area (Å²) in [6.45, 7) is 8.32. The third-order valence-electron chi connectivity index (χ3n) is 4.55. The molecular weight excluding hydrogens is 373 g/mol. The molecule has 2 N–H and O–H groups in total. The SMILES string of the molecule is COC(=O)c1ccc(C=C(CN)B2OC(C)(C)C(C)(C)O2)c(Br)c1. The van der Waals surface area contributed by atoms with Crippen molar-refractivity contribution in [3.63, 3.8) is 0 Å². The Morgan fingerprint density at radius 3 is 2.33 bits per heavy atom. The van der Waals surface area contributed by atoms with Crippen molar-refractivity contribution < 1.29 is 18.8 Å². The van der Waals surface area contributed by atoms with Crippen molar-refractivity contribution in [1.29, 1.82) is 0 Å². The van der Waals surface area contributed by atoms with Crippen molar-refractivity contribution in [1.82, 2.24) is 0 Å². The lowest BCUT2D eigenvalue weighted by Crippen LogP contribution is -2.41. The van der Waals surface area contributed by atoms with Crippen LogP contribution in [0.2, 0.25) is 0 Å². The minimum Gasteiger partial charge on any atom is -0.465 e. The largest absolute Gasteiger partial charge is 0.491 e. The van der Waals surface area contributed by atoms with Gasteiger partial charge >= 0.3 is 13.1 Å². The molecule has 0 saturated carbocycles. The Morgan fingerprint density at radius 1 is 1.29 bits per heavy atom. The van der Waals surface area contributed by atoms with Crippen molar-refractivity contribution in [3.05, 3.63) is 39.3 Å². The maximum absolute atomic E-state index is 11.6. The van der Waals surface area contributed by atoms with Gasteiger partial charge < -0.3 is 19.8 Å². The lowest BCUT2D eigenvalue weighted by Gasteiger charge is -2.32. The van der Waals surface area contributed by atoms with E-state index in [2.05, 4.69) is 15.9 Å². The first-order valence-electron chi connectivity index (χ1n) is 7.75. The van der Waals surface area contributed by atoms with Crippen molar-refractivity contribution in [2.24, 2.45) is 5.73 Å². The topological polar surface area (TPSA) is 70.8 Å². The van der Waals surface area contributed by atoms with Crippen LogP contribution in [0.4, 0.5) is 0 Å². The minimum atomic E-state index is -0.493. The van der Waals surface area contributed by atoms with Crippen LogP contribution in [0.1, 0.15) is 43.6 Å². The Hall–Kier alpha value is -1.15. The zero-order chi connectivity index (χ0) is 18.1. The molecule has 7 heteroatoms. The Kier molecular flexibility index (Phi) is 5.59. The third kappa shape index (κ3) is 3.74. The number of carbonyl (C=O) groups excluding carboxylic acids is 1. The molecule has 0 radical (unpaired) electrons. The van der Waals surface area contributed by atoms with Crippen molar-refractivity contribution >= 4 is 35.1 Å². The number of rotatable bonds is 4. The summed E-state index contributed by atoms with van der Waals surface area (Å²) >= 11 is 3.48. The Bertz CT molecular complexity index is 657. The van der Waals surface area contributed by atoms with Gasteiger partial charge in [-0.15, -0.1) is 0 Å². The van der Waals surface area contributed by atoms with Gasteiger partial charge in [0.2, 0.25) is 0 Å². The van der Waals surface area contributed by atoms with Gasteiger partial charge in [0, 0.05) is 11.0 Å². The number of methoxy groups -OCH3 is 1. The summed E-state index contributed by atoms with van der Waals surface area (Å²) < 4.78 is 17.6. The highest BCUT2D eigenvalue weighted by molar-refractivity contribution is 9.10. The number of esters is 1. The molecule has 0 aromatic heterocycles. The number of nitrogens with two attached hydrogens (primary N) is 1. The van der Waals surface area contributed by atoms with Crippen molar-refractivity contribution in [2.75, 3.05) is 13.7 Å². The quantitative estimate of drug-likeness (QED) is 0.626. The molecule has 0 spiro atoms.